The number of hydrogen-bond acceptors (Lipinski definition) is 7. The van der Waals surface area contributed by atoms with E-state index in [4.69, 9.17) is 19.2 Å². The van der Waals surface area contributed by atoms with E-state index in [2.05, 4.69) is 21.2 Å². The number of halogens is 1. The zero-order chi connectivity index (χ0) is 22.4. The standard InChI is InChI=1S/C23H25BrN2O4S/c1-5-30-22(27)20-14(2)25-23(26-21(20)15-7-6-8-17(24)11-15)31-13-16-12-18(28-3)9-10-19(16)29-4/h6-12,21H,5,13H2,1-4H3,(H,25,26)/t21-/m0/s1. The van der Waals surface area contributed by atoms with Crippen LogP contribution in [0, 0.1) is 0 Å². The molecule has 8 heteroatoms. The molecule has 0 radical (unpaired) electrons. The number of carbonyl (C=O) groups excluding carboxylic acids is 1. The number of rotatable bonds is 7. The maximum atomic E-state index is 12.7. The van der Waals surface area contributed by atoms with Crippen molar-refractivity contribution in [1.29, 1.82) is 0 Å². The summed E-state index contributed by atoms with van der Waals surface area (Å²) in [5.74, 6) is 1.81. The summed E-state index contributed by atoms with van der Waals surface area (Å²) in [4.78, 5) is 17.5. The second kappa shape index (κ2) is 10.7. The minimum atomic E-state index is -0.451. The summed E-state index contributed by atoms with van der Waals surface area (Å²) < 4.78 is 17.0. The number of carbonyl (C=O) groups is 1. The molecule has 1 heterocycles. The third kappa shape index (κ3) is 5.62. The zero-order valence-electron chi connectivity index (χ0n) is 17.9. The second-order valence-electron chi connectivity index (χ2n) is 6.74. The molecule has 0 fully saturated rings. The molecule has 0 bridgehead atoms. The number of hydrogen-bond donors (Lipinski definition) is 1. The Hall–Kier alpha value is -2.45. The van der Waals surface area contributed by atoms with Crippen LogP contribution in [0.15, 0.2) is 63.2 Å². The van der Waals surface area contributed by atoms with Gasteiger partial charge in [0.05, 0.1) is 26.4 Å². The summed E-state index contributed by atoms with van der Waals surface area (Å²) >= 11 is 5.05. The predicted octanol–water partition coefficient (Wildman–Crippen LogP) is 5.24. The first-order valence-corrected chi connectivity index (χ1v) is 11.6. The molecule has 164 valence electrons. The molecule has 0 amide bonds. The van der Waals surface area contributed by atoms with Crippen molar-refractivity contribution in [3.05, 3.63) is 69.3 Å². The van der Waals surface area contributed by atoms with E-state index in [1.54, 1.807) is 21.1 Å². The van der Waals surface area contributed by atoms with E-state index >= 15 is 0 Å². The van der Waals surface area contributed by atoms with Gasteiger partial charge in [0.2, 0.25) is 0 Å². The van der Waals surface area contributed by atoms with Gasteiger partial charge in [-0.2, -0.15) is 0 Å². The van der Waals surface area contributed by atoms with Gasteiger partial charge < -0.3 is 19.5 Å². The van der Waals surface area contributed by atoms with E-state index in [1.165, 1.54) is 11.8 Å². The molecule has 1 atom stereocenters. The number of esters is 1. The average molecular weight is 505 g/mol. The summed E-state index contributed by atoms with van der Waals surface area (Å²) in [5, 5.41) is 3.99. The van der Waals surface area contributed by atoms with Crippen molar-refractivity contribution in [2.24, 2.45) is 4.99 Å². The lowest BCUT2D eigenvalue weighted by molar-refractivity contribution is -0.138. The van der Waals surface area contributed by atoms with Crippen molar-refractivity contribution in [2.75, 3.05) is 20.8 Å². The van der Waals surface area contributed by atoms with Gasteiger partial charge in [-0.3, -0.25) is 0 Å². The van der Waals surface area contributed by atoms with Crippen LogP contribution in [-0.2, 0) is 15.3 Å². The first kappa shape index (κ1) is 23.2. The lowest BCUT2D eigenvalue weighted by Crippen LogP contribution is -2.30. The molecule has 0 saturated carbocycles. The van der Waals surface area contributed by atoms with Gasteiger partial charge in [-0.25, -0.2) is 9.79 Å². The molecule has 1 N–H and O–H groups in total. The molecule has 0 aliphatic carbocycles. The van der Waals surface area contributed by atoms with Crippen molar-refractivity contribution in [2.45, 2.75) is 25.6 Å². The molecule has 0 aromatic heterocycles. The smallest absolute Gasteiger partial charge is 0.338 e. The predicted molar refractivity (Wildman–Crippen MR) is 128 cm³/mol. The molecule has 0 unspecified atom stereocenters. The summed E-state index contributed by atoms with van der Waals surface area (Å²) in [7, 11) is 3.29. The van der Waals surface area contributed by atoms with E-state index in [1.807, 2.05) is 49.4 Å². The Morgan fingerprint density at radius 2 is 2.00 bits per heavy atom. The van der Waals surface area contributed by atoms with Crippen molar-refractivity contribution in [3.8, 4) is 11.5 Å². The van der Waals surface area contributed by atoms with Crippen LogP contribution in [0.1, 0.15) is 31.0 Å². The van der Waals surface area contributed by atoms with E-state index in [0.29, 0.717) is 17.9 Å². The minimum Gasteiger partial charge on any atom is -0.497 e. The maximum Gasteiger partial charge on any atom is 0.338 e. The number of amidine groups is 1. The highest BCUT2D eigenvalue weighted by Gasteiger charge is 2.30. The van der Waals surface area contributed by atoms with Crippen LogP contribution >= 0.6 is 27.7 Å². The van der Waals surface area contributed by atoms with Crippen molar-refractivity contribution >= 4 is 38.8 Å². The van der Waals surface area contributed by atoms with Crippen LogP contribution in [0.3, 0.4) is 0 Å². The monoisotopic (exact) mass is 504 g/mol. The van der Waals surface area contributed by atoms with Crippen molar-refractivity contribution < 1.29 is 19.0 Å². The summed E-state index contributed by atoms with van der Waals surface area (Å²) in [6.45, 7) is 3.98. The highest BCUT2D eigenvalue weighted by molar-refractivity contribution is 9.10. The van der Waals surface area contributed by atoms with E-state index < -0.39 is 6.04 Å². The fourth-order valence-electron chi connectivity index (χ4n) is 3.25. The van der Waals surface area contributed by atoms with E-state index in [-0.39, 0.29) is 5.97 Å². The number of benzene rings is 2. The number of aliphatic imine (C=N–C) groups is 1. The molecule has 0 spiro atoms. The summed E-state index contributed by atoms with van der Waals surface area (Å²) in [5.41, 5.74) is 3.16. The first-order valence-electron chi connectivity index (χ1n) is 9.78. The molecule has 1 aliphatic rings. The van der Waals surface area contributed by atoms with Crippen molar-refractivity contribution in [3.63, 3.8) is 0 Å². The molecule has 0 saturated heterocycles. The normalized spacial score (nSPS) is 15.8. The maximum absolute atomic E-state index is 12.7. The van der Waals surface area contributed by atoms with Crippen LogP contribution in [0.2, 0.25) is 0 Å². The number of nitrogens with zero attached hydrogens (tertiary/aromatic N) is 1. The van der Waals surface area contributed by atoms with Crippen LogP contribution in [-0.4, -0.2) is 32.0 Å². The molecular formula is C23H25BrN2O4S. The number of ether oxygens (including phenoxy) is 3. The molecule has 6 nitrogen and oxygen atoms in total. The van der Waals surface area contributed by atoms with E-state index in [9.17, 15) is 4.79 Å². The molecular weight excluding hydrogens is 480 g/mol. The number of thioether (sulfide) groups is 1. The zero-order valence-corrected chi connectivity index (χ0v) is 20.3. The fourth-order valence-corrected chi connectivity index (χ4v) is 4.59. The van der Waals surface area contributed by atoms with Crippen LogP contribution in [0.5, 0.6) is 11.5 Å². The van der Waals surface area contributed by atoms with Gasteiger partial charge in [0.25, 0.3) is 0 Å². The van der Waals surface area contributed by atoms with Gasteiger partial charge in [-0.05, 0) is 49.7 Å². The Morgan fingerprint density at radius 3 is 2.68 bits per heavy atom. The summed E-state index contributed by atoms with van der Waals surface area (Å²) in [6, 6.07) is 13.1. The number of nitrogens with one attached hydrogen (secondary N) is 1. The Balaban J connectivity index is 1.90. The second-order valence-corrected chi connectivity index (χ2v) is 8.62. The Kier molecular flexibility index (Phi) is 8.03. The van der Waals surface area contributed by atoms with Crippen LogP contribution in [0.4, 0.5) is 0 Å². The quantitative estimate of drug-likeness (QED) is 0.520. The lowest BCUT2D eigenvalue weighted by Gasteiger charge is -2.26. The van der Waals surface area contributed by atoms with Gasteiger partial charge in [0.15, 0.2) is 5.17 Å². The third-order valence-electron chi connectivity index (χ3n) is 4.73. The number of methoxy groups -OCH3 is 2. The molecule has 2 aromatic rings. The largest absolute Gasteiger partial charge is 0.497 e. The SMILES string of the molecule is CCOC(=O)C1=C(C)NC(SCc2cc(OC)ccc2OC)=N[C@H]1c1cccc(Br)c1. The average Bonchev–Trinajstić information content (AvgIpc) is 2.77. The topological polar surface area (TPSA) is 69.2 Å². The highest BCUT2D eigenvalue weighted by Crippen LogP contribution is 2.35. The molecule has 31 heavy (non-hydrogen) atoms. The first-order chi connectivity index (χ1) is 15.0. The van der Waals surface area contributed by atoms with Gasteiger partial charge in [-0.1, -0.05) is 39.8 Å². The number of allylic oxidation sites excluding steroid dienone is 1. The Morgan fingerprint density at radius 1 is 1.19 bits per heavy atom. The van der Waals surface area contributed by atoms with Crippen LogP contribution in [0.25, 0.3) is 0 Å². The fraction of sp³-hybridized carbons (Fsp3) is 0.304. The van der Waals surface area contributed by atoms with Crippen LogP contribution < -0.4 is 14.8 Å². The highest BCUT2D eigenvalue weighted by atomic mass is 79.9. The van der Waals surface area contributed by atoms with Gasteiger partial charge in [0, 0.05) is 21.5 Å². The molecule has 3 rings (SSSR count). The molecule has 2 aromatic carbocycles. The van der Waals surface area contributed by atoms with E-state index in [0.717, 1.165) is 38.0 Å². The minimum absolute atomic E-state index is 0.307. The van der Waals surface area contributed by atoms with Gasteiger partial charge in [-0.15, -0.1) is 0 Å². The van der Waals surface area contributed by atoms with Crippen molar-refractivity contribution in [1.82, 2.24) is 5.32 Å². The lowest BCUT2D eigenvalue weighted by atomic mass is 9.97. The third-order valence-corrected chi connectivity index (χ3v) is 6.16. The van der Waals surface area contributed by atoms with Gasteiger partial charge >= 0.3 is 5.97 Å². The Bertz CT molecular complexity index is 1020. The Labute approximate surface area is 195 Å². The summed E-state index contributed by atoms with van der Waals surface area (Å²) in [6.07, 6.45) is 0. The van der Waals surface area contributed by atoms with Gasteiger partial charge in [0.1, 0.15) is 17.5 Å². The molecule has 1 aliphatic heterocycles.